The van der Waals surface area contributed by atoms with Gasteiger partial charge < -0.3 is 14.8 Å². The number of anilines is 1. The number of hydrogen-bond donors (Lipinski definition) is 1. The maximum absolute atomic E-state index is 12.0. The second-order valence-electron chi connectivity index (χ2n) is 5.25. The van der Waals surface area contributed by atoms with Gasteiger partial charge in [0.15, 0.2) is 6.61 Å². The molecule has 0 aliphatic carbocycles. The predicted molar refractivity (Wildman–Crippen MR) is 89.7 cm³/mol. The van der Waals surface area contributed by atoms with Crippen LogP contribution in [0.15, 0.2) is 36.4 Å². The summed E-state index contributed by atoms with van der Waals surface area (Å²) in [5.74, 6) is 0.466. The van der Waals surface area contributed by atoms with E-state index in [1.54, 1.807) is 0 Å². The molecule has 0 aromatic heterocycles. The first-order valence-electron chi connectivity index (χ1n) is 7.23. The molecule has 2 aromatic rings. The van der Waals surface area contributed by atoms with Gasteiger partial charge >= 0.3 is 0 Å². The van der Waals surface area contributed by atoms with Gasteiger partial charge in [0.25, 0.3) is 11.6 Å². The van der Waals surface area contributed by atoms with E-state index in [-0.39, 0.29) is 24.0 Å². The summed E-state index contributed by atoms with van der Waals surface area (Å²) in [5.41, 5.74) is 2.20. The van der Waals surface area contributed by atoms with E-state index in [2.05, 4.69) is 5.32 Å². The molecule has 1 amide bonds. The highest BCUT2D eigenvalue weighted by molar-refractivity contribution is 5.93. The van der Waals surface area contributed by atoms with E-state index >= 15 is 0 Å². The van der Waals surface area contributed by atoms with Crippen LogP contribution >= 0.6 is 0 Å². The summed E-state index contributed by atoms with van der Waals surface area (Å²) in [6.07, 6.45) is 0. The third-order valence-electron chi connectivity index (χ3n) is 3.37. The Labute approximate surface area is 139 Å². The fraction of sp³-hybridized carbons (Fsp3) is 0.235. The van der Waals surface area contributed by atoms with Crippen molar-refractivity contribution < 1.29 is 19.2 Å². The SMILES string of the molecule is COc1cc([N+](=O)[O-])ccc1NC(=O)COc1cc(C)ccc1C. The van der Waals surface area contributed by atoms with Crippen LogP contribution in [0.5, 0.6) is 11.5 Å². The number of nitro benzene ring substituents is 1. The van der Waals surface area contributed by atoms with Gasteiger partial charge in [0, 0.05) is 6.07 Å². The number of carbonyl (C=O) groups excluding carboxylic acids is 1. The van der Waals surface area contributed by atoms with Crippen molar-refractivity contribution in [2.75, 3.05) is 19.0 Å². The first-order chi connectivity index (χ1) is 11.4. The second kappa shape index (κ2) is 7.45. The van der Waals surface area contributed by atoms with Crippen molar-refractivity contribution in [1.29, 1.82) is 0 Å². The minimum absolute atomic E-state index is 0.114. The zero-order valence-electron chi connectivity index (χ0n) is 13.7. The molecule has 0 aliphatic rings. The lowest BCUT2D eigenvalue weighted by Gasteiger charge is -2.12. The number of amides is 1. The Morgan fingerprint density at radius 2 is 1.92 bits per heavy atom. The lowest BCUT2D eigenvalue weighted by molar-refractivity contribution is -0.384. The van der Waals surface area contributed by atoms with Gasteiger partial charge in [-0.15, -0.1) is 0 Å². The smallest absolute Gasteiger partial charge is 0.273 e. The third-order valence-corrected chi connectivity index (χ3v) is 3.37. The quantitative estimate of drug-likeness (QED) is 0.648. The number of ether oxygens (including phenoxy) is 2. The van der Waals surface area contributed by atoms with E-state index in [0.29, 0.717) is 11.4 Å². The van der Waals surface area contributed by atoms with Crippen molar-refractivity contribution in [2.45, 2.75) is 13.8 Å². The van der Waals surface area contributed by atoms with E-state index in [4.69, 9.17) is 9.47 Å². The number of benzene rings is 2. The molecule has 0 fully saturated rings. The molecule has 7 heteroatoms. The lowest BCUT2D eigenvalue weighted by Crippen LogP contribution is -2.20. The summed E-state index contributed by atoms with van der Waals surface area (Å²) >= 11 is 0. The Bertz CT molecular complexity index is 774. The molecule has 2 aromatic carbocycles. The van der Waals surface area contributed by atoms with Gasteiger partial charge in [-0.05, 0) is 37.1 Å². The molecule has 0 aliphatic heterocycles. The zero-order valence-corrected chi connectivity index (χ0v) is 13.7. The van der Waals surface area contributed by atoms with Crippen molar-refractivity contribution in [1.82, 2.24) is 0 Å². The molecule has 0 saturated carbocycles. The maximum Gasteiger partial charge on any atom is 0.273 e. The number of hydrogen-bond acceptors (Lipinski definition) is 5. The molecule has 0 atom stereocenters. The molecule has 1 N–H and O–H groups in total. The second-order valence-corrected chi connectivity index (χ2v) is 5.25. The number of nitro groups is 1. The standard InChI is InChI=1S/C17H18N2O5/c1-11-4-5-12(2)15(8-11)24-10-17(20)18-14-7-6-13(19(21)22)9-16(14)23-3/h4-9H,10H2,1-3H3,(H,18,20). The van der Waals surface area contributed by atoms with Crippen LogP contribution in [0.3, 0.4) is 0 Å². The van der Waals surface area contributed by atoms with Crippen molar-refractivity contribution in [2.24, 2.45) is 0 Å². The molecular formula is C17H18N2O5. The molecule has 126 valence electrons. The number of methoxy groups -OCH3 is 1. The molecule has 2 rings (SSSR count). The van der Waals surface area contributed by atoms with Crippen LogP contribution in [0, 0.1) is 24.0 Å². The predicted octanol–water partition coefficient (Wildman–Crippen LogP) is 3.24. The van der Waals surface area contributed by atoms with E-state index in [1.807, 2.05) is 32.0 Å². The first-order valence-corrected chi connectivity index (χ1v) is 7.23. The minimum atomic E-state index is -0.530. The lowest BCUT2D eigenvalue weighted by atomic mass is 10.1. The Hall–Kier alpha value is -3.09. The maximum atomic E-state index is 12.0. The van der Waals surface area contributed by atoms with E-state index in [9.17, 15) is 14.9 Å². The van der Waals surface area contributed by atoms with Gasteiger partial charge in [-0.2, -0.15) is 0 Å². The number of nitrogens with one attached hydrogen (secondary N) is 1. The summed E-state index contributed by atoms with van der Waals surface area (Å²) < 4.78 is 10.6. The molecule has 0 radical (unpaired) electrons. The van der Waals surface area contributed by atoms with Crippen LogP contribution in [0.1, 0.15) is 11.1 Å². The summed E-state index contributed by atoms with van der Waals surface area (Å²) in [4.78, 5) is 22.3. The first kappa shape index (κ1) is 17.3. The van der Waals surface area contributed by atoms with E-state index in [0.717, 1.165) is 11.1 Å². The molecule has 24 heavy (non-hydrogen) atoms. The van der Waals surface area contributed by atoms with Crippen LogP contribution in [0.4, 0.5) is 11.4 Å². The topological polar surface area (TPSA) is 90.7 Å². The number of carbonyl (C=O) groups is 1. The summed E-state index contributed by atoms with van der Waals surface area (Å²) in [6.45, 7) is 3.66. The number of non-ortho nitro benzene ring substituents is 1. The highest BCUT2D eigenvalue weighted by Crippen LogP contribution is 2.29. The summed E-state index contributed by atoms with van der Waals surface area (Å²) in [5, 5.41) is 13.4. The fourth-order valence-corrected chi connectivity index (χ4v) is 2.09. The van der Waals surface area contributed by atoms with Gasteiger partial charge in [-0.25, -0.2) is 0 Å². The van der Waals surface area contributed by atoms with E-state index < -0.39 is 4.92 Å². The number of rotatable bonds is 6. The van der Waals surface area contributed by atoms with Crippen LogP contribution in [-0.2, 0) is 4.79 Å². The van der Waals surface area contributed by atoms with Crippen LogP contribution in [0.25, 0.3) is 0 Å². The van der Waals surface area contributed by atoms with Gasteiger partial charge in [-0.1, -0.05) is 12.1 Å². The van der Waals surface area contributed by atoms with Crippen LogP contribution in [-0.4, -0.2) is 24.5 Å². The molecule has 0 saturated heterocycles. The molecule has 0 spiro atoms. The average Bonchev–Trinajstić information content (AvgIpc) is 2.55. The Morgan fingerprint density at radius 1 is 1.17 bits per heavy atom. The molecular weight excluding hydrogens is 312 g/mol. The average molecular weight is 330 g/mol. The minimum Gasteiger partial charge on any atom is -0.494 e. The van der Waals surface area contributed by atoms with Gasteiger partial charge in [0.05, 0.1) is 23.8 Å². The molecule has 0 bridgehead atoms. The van der Waals surface area contributed by atoms with E-state index in [1.165, 1.54) is 25.3 Å². The van der Waals surface area contributed by atoms with Gasteiger partial charge in [0.1, 0.15) is 11.5 Å². The molecule has 0 unspecified atom stereocenters. The van der Waals surface area contributed by atoms with Gasteiger partial charge in [0.2, 0.25) is 0 Å². The Balaban J connectivity index is 2.04. The highest BCUT2D eigenvalue weighted by atomic mass is 16.6. The third kappa shape index (κ3) is 4.22. The summed E-state index contributed by atoms with van der Waals surface area (Å²) in [6, 6.07) is 9.71. The molecule has 7 nitrogen and oxygen atoms in total. The van der Waals surface area contributed by atoms with Crippen LogP contribution in [0.2, 0.25) is 0 Å². The Kier molecular flexibility index (Phi) is 5.36. The van der Waals surface area contributed by atoms with Crippen molar-refractivity contribution in [3.8, 4) is 11.5 Å². The van der Waals surface area contributed by atoms with Crippen molar-refractivity contribution >= 4 is 17.3 Å². The normalized spacial score (nSPS) is 10.1. The highest BCUT2D eigenvalue weighted by Gasteiger charge is 2.14. The summed E-state index contributed by atoms with van der Waals surface area (Å²) in [7, 11) is 1.38. The Morgan fingerprint density at radius 3 is 2.58 bits per heavy atom. The number of aryl methyl sites for hydroxylation is 2. The van der Waals surface area contributed by atoms with Crippen LogP contribution < -0.4 is 14.8 Å². The number of nitrogens with zero attached hydrogens (tertiary/aromatic N) is 1. The van der Waals surface area contributed by atoms with Gasteiger partial charge in [-0.3, -0.25) is 14.9 Å². The zero-order chi connectivity index (χ0) is 17.7. The molecule has 0 heterocycles. The monoisotopic (exact) mass is 330 g/mol. The van der Waals surface area contributed by atoms with Crippen molar-refractivity contribution in [3.05, 3.63) is 57.6 Å². The fourth-order valence-electron chi connectivity index (χ4n) is 2.09. The van der Waals surface area contributed by atoms with Crippen molar-refractivity contribution in [3.63, 3.8) is 0 Å². The largest absolute Gasteiger partial charge is 0.494 e.